The molecule has 2 aliphatic rings. The summed E-state index contributed by atoms with van der Waals surface area (Å²) in [7, 11) is -3.21. The Labute approximate surface area is 176 Å². The number of nitrogens with zero attached hydrogens (tertiary/aromatic N) is 3. The van der Waals surface area contributed by atoms with Gasteiger partial charge >= 0.3 is 0 Å². The Morgan fingerprint density at radius 2 is 1.73 bits per heavy atom. The summed E-state index contributed by atoms with van der Waals surface area (Å²) in [6.07, 6.45) is 6.33. The highest BCUT2D eigenvalue weighted by molar-refractivity contribution is 7.88. The molecular weight excluding hydrogens is 404 g/mol. The maximum atomic E-state index is 12.9. The van der Waals surface area contributed by atoms with Crippen molar-refractivity contribution in [3.8, 4) is 0 Å². The highest BCUT2D eigenvalue weighted by atomic mass is 32.2. The quantitative estimate of drug-likeness (QED) is 0.776. The smallest absolute Gasteiger partial charge is 0.274 e. The number of aromatic nitrogens is 2. The van der Waals surface area contributed by atoms with Crippen molar-refractivity contribution in [2.45, 2.75) is 51.1 Å². The standard InChI is InChI=1S/C21H28N4O4S/c1-30(28,29)24-12-10-15(11-13-24)20(26)22-14-19-17-8-4-5-9-18(17)21(27)25(23-19)16-6-2-3-7-16/h4-5,8-9,15-16H,2-3,6-7,10-14H2,1H3,(H,22,26). The second-order valence-electron chi connectivity index (χ2n) is 8.33. The number of piperidine rings is 1. The van der Waals surface area contributed by atoms with Crippen molar-refractivity contribution in [2.24, 2.45) is 5.92 Å². The molecule has 162 valence electrons. The van der Waals surface area contributed by atoms with Crippen molar-refractivity contribution in [1.29, 1.82) is 0 Å². The molecule has 1 aliphatic heterocycles. The highest BCUT2D eigenvalue weighted by Crippen LogP contribution is 2.28. The second-order valence-corrected chi connectivity index (χ2v) is 10.3. The van der Waals surface area contributed by atoms with E-state index in [0.717, 1.165) is 31.1 Å². The molecule has 1 aromatic carbocycles. The number of carbonyl (C=O) groups excluding carboxylic acids is 1. The summed E-state index contributed by atoms with van der Waals surface area (Å²) in [5.74, 6) is -0.303. The van der Waals surface area contributed by atoms with Crippen molar-refractivity contribution in [2.75, 3.05) is 19.3 Å². The lowest BCUT2D eigenvalue weighted by Crippen LogP contribution is -2.42. The summed E-state index contributed by atoms with van der Waals surface area (Å²) in [4.78, 5) is 25.6. The van der Waals surface area contributed by atoms with Crippen LogP contribution in [0.2, 0.25) is 0 Å². The van der Waals surface area contributed by atoms with Gasteiger partial charge in [-0.25, -0.2) is 17.4 Å². The fourth-order valence-corrected chi connectivity index (χ4v) is 5.44. The van der Waals surface area contributed by atoms with Gasteiger partial charge in [-0.15, -0.1) is 0 Å². The van der Waals surface area contributed by atoms with Crippen molar-refractivity contribution in [3.05, 3.63) is 40.3 Å². The molecular formula is C21H28N4O4S. The van der Waals surface area contributed by atoms with Gasteiger partial charge in [-0.2, -0.15) is 5.10 Å². The average Bonchev–Trinajstić information content (AvgIpc) is 3.27. The minimum Gasteiger partial charge on any atom is -0.350 e. The maximum Gasteiger partial charge on any atom is 0.274 e. The summed E-state index contributed by atoms with van der Waals surface area (Å²) in [6, 6.07) is 7.53. The van der Waals surface area contributed by atoms with Crippen LogP contribution in [0.25, 0.3) is 10.8 Å². The lowest BCUT2D eigenvalue weighted by Gasteiger charge is -2.29. The normalized spacial score (nSPS) is 19.4. The van der Waals surface area contributed by atoms with E-state index >= 15 is 0 Å². The molecule has 0 bridgehead atoms. The predicted octanol–water partition coefficient (Wildman–Crippen LogP) is 1.80. The van der Waals surface area contributed by atoms with Crippen molar-refractivity contribution in [1.82, 2.24) is 19.4 Å². The molecule has 2 aromatic rings. The largest absolute Gasteiger partial charge is 0.350 e. The molecule has 1 aromatic heterocycles. The fourth-order valence-electron chi connectivity index (χ4n) is 4.57. The van der Waals surface area contributed by atoms with E-state index in [1.165, 1.54) is 10.6 Å². The van der Waals surface area contributed by atoms with Gasteiger partial charge in [0, 0.05) is 24.4 Å². The van der Waals surface area contributed by atoms with Gasteiger partial charge in [-0.3, -0.25) is 9.59 Å². The molecule has 0 radical (unpaired) electrons. The van der Waals surface area contributed by atoms with E-state index in [1.54, 1.807) is 4.68 Å². The second kappa shape index (κ2) is 8.47. The third-order valence-corrected chi connectivity index (χ3v) is 7.60. The van der Waals surface area contributed by atoms with Crippen LogP contribution in [0.3, 0.4) is 0 Å². The molecule has 0 spiro atoms. The third-order valence-electron chi connectivity index (χ3n) is 6.30. The molecule has 1 aliphatic carbocycles. The van der Waals surface area contributed by atoms with Gasteiger partial charge < -0.3 is 5.32 Å². The lowest BCUT2D eigenvalue weighted by molar-refractivity contribution is -0.126. The van der Waals surface area contributed by atoms with E-state index < -0.39 is 10.0 Å². The van der Waals surface area contributed by atoms with Crippen LogP contribution < -0.4 is 10.9 Å². The Hall–Kier alpha value is -2.26. The van der Waals surface area contributed by atoms with E-state index in [-0.39, 0.29) is 30.0 Å². The fraction of sp³-hybridized carbons (Fsp3) is 0.571. The lowest BCUT2D eigenvalue weighted by atomic mass is 9.97. The van der Waals surface area contributed by atoms with Gasteiger partial charge in [-0.1, -0.05) is 31.0 Å². The topological polar surface area (TPSA) is 101 Å². The zero-order valence-electron chi connectivity index (χ0n) is 17.2. The van der Waals surface area contributed by atoms with Crippen LogP contribution in [0.5, 0.6) is 0 Å². The Morgan fingerprint density at radius 3 is 2.37 bits per heavy atom. The van der Waals surface area contributed by atoms with Crippen molar-refractivity contribution < 1.29 is 13.2 Å². The first-order chi connectivity index (χ1) is 14.3. The number of fused-ring (bicyclic) bond motifs is 1. The first-order valence-corrected chi connectivity index (χ1v) is 12.4. The van der Waals surface area contributed by atoms with E-state index in [1.807, 2.05) is 24.3 Å². The Kier molecular flexibility index (Phi) is 5.92. The van der Waals surface area contributed by atoms with Crippen LogP contribution >= 0.6 is 0 Å². The Morgan fingerprint density at radius 1 is 1.10 bits per heavy atom. The number of amides is 1. The van der Waals surface area contributed by atoms with Crippen LogP contribution in [0.15, 0.2) is 29.1 Å². The predicted molar refractivity (Wildman–Crippen MR) is 114 cm³/mol. The van der Waals surface area contributed by atoms with Crippen LogP contribution in [0, 0.1) is 5.92 Å². The number of hydrogen-bond donors (Lipinski definition) is 1. The van der Waals surface area contributed by atoms with E-state index in [2.05, 4.69) is 10.4 Å². The average molecular weight is 433 g/mol. The third kappa shape index (κ3) is 4.27. The van der Waals surface area contributed by atoms with Gasteiger partial charge in [-0.05, 0) is 31.7 Å². The molecule has 0 unspecified atom stereocenters. The number of nitrogens with one attached hydrogen (secondary N) is 1. The molecule has 1 saturated heterocycles. The molecule has 0 atom stereocenters. The molecule has 2 heterocycles. The Balaban J connectivity index is 1.51. The molecule has 4 rings (SSSR count). The summed E-state index contributed by atoms with van der Waals surface area (Å²) in [5, 5.41) is 9.01. The number of benzene rings is 1. The minimum absolute atomic E-state index is 0.0688. The van der Waals surface area contributed by atoms with Crippen molar-refractivity contribution in [3.63, 3.8) is 0 Å². The van der Waals surface area contributed by atoms with Gasteiger partial charge in [0.2, 0.25) is 15.9 Å². The monoisotopic (exact) mass is 432 g/mol. The van der Waals surface area contributed by atoms with Crippen LogP contribution in [0.1, 0.15) is 50.3 Å². The van der Waals surface area contributed by atoms with Crippen LogP contribution in [0.4, 0.5) is 0 Å². The van der Waals surface area contributed by atoms with Crippen molar-refractivity contribution >= 4 is 26.7 Å². The van der Waals surface area contributed by atoms with Gasteiger partial charge in [0.1, 0.15) is 0 Å². The minimum atomic E-state index is -3.21. The summed E-state index contributed by atoms with van der Waals surface area (Å²) < 4.78 is 26.3. The van der Waals surface area contributed by atoms with E-state index in [0.29, 0.717) is 37.0 Å². The molecule has 1 amide bonds. The van der Waals surface area contributed by atoms with Gasteiger partial charge in [0.25, 0.3) is 5.56 Å². The van der Waals surface area contributed by atoms with Crippen LogP contribution in [-0.2, 0) is 21.4 Å². The first-order valence-electron chi connectivity index (χ1n) is 10.6. The summed E-state index contributed by atoms with van der Waals surface area (Å²) >= 11 is 0. The summed E-state index contributed by atoms with van der Waals surface area (Å²) in [6.45, 7) is 0.980. The van der Waals surface area contributed by atoms with Gasteiger partial charge in [0.15, 0.2) is 0 Å². The number of carbonyl (C=O) groups is 1. The molecule has 9 heteroatoms. The van der Waals surface area contributed by atoms with E-state index in [4.69, 9.17) is 0 Å². The highest BCUT2D eigenvalue weighted by Gasteiger charge is 2.29. The number of hydrogen-bond acceptors (Lipinski definition) is 5. The van der Waals surface area contributed by atoms with Gasteiger partial charge in [0.05, 0.1) is 29.9 Å². The van der Waals surface area contributed by atoms with E-state index in [9.17, 15) is 18.0 Å². The zero-order valence-corrected chi connectivity index (χ0v) is 18.0. The molecule has 2 fully saturated rings. The molecule has 8 nitrogen and oxygen atoms in total. The first kappa shape index (κ1) is 21.0. The van der Waals surface area contributed by atoms with Crippen LogP contribution in [-0.4, -0.2) is 47.8 Å². The molecule has 1 N–H and O–H groups in total. The number of rotatable bonds is 5. The Bertz CT molecular complexity index is 1100. The number of sulfonamides is 1. The molecule has 30 heavy (non-hydrogen) atoms. The maximum absolute atomic E-state index is 12.9. The zero-order chi connectivity index (χ0) is 21.3. The summed E-state index contributed by atoms with van der Waals surface area (Å²) in [5.41, 5.74) is 0.625. The SMILES string of the molecule is CS(=O)(=O)N1CCC(C(=O)NCc2nn(C3CCCC3)c(=O)c3ccccc23)CC1. The molecule has 1 saturated carbocycles.